The lowest BCUT2D eigenvalue weighted by molar-refractivity contribution is -0.145. The highest BCUT2D eigenvalue weighted by atomic mass is 32.2. The molecule has 0 saturated carbocycles. The standard InChI is InChI=1S/C20H26F3NO6S/c21-20(22,23)17-3-1-14(2-4-17)12-29-13-15-5-8-24(9-6-15)31(27,28)18-11-16(19(25)26)7-10-30-18/h1-4,15-16,18H,5-13H2,(H,25,26). The number of ether oxygens (including phenoxy) is 2. The number of benzene rings is 1. The van der Waals surface area contributed by atoms with E-state index in [4.69, 9.17) is 14.6 Å². The van der Waals surface area contributed by atoms with Crippen molar-refractivity contribution in [2.24, 2.45) is 11.8 Å². The Morgan fingerprint density at radius 2 is 1.81 bits per heavy atom. The number of carboxylic acids is 1. The Morgan fingerprint density at radius 1 is 1.16 bits per heavy atom. The summed E-state index contributed by atoms with van der Waals surface area (Å²) in [6.45, 7) is 1.27. The number of alkyl halides is 3. The van der Waals surface area contributed by atoms with Crippen LogP contribution in [0, 0.1) is 11.8 Å². The van der Waals surface area contributed by atoms with Gasteiger partial charge in [0.05, 0.1) is 18.1 Å². The summed E-state index contributed by atoms with van der Waals surface area (Å²) in [5.74, 6) is -1.59. The van der Waals surface area contributed by atoms with Crippen LogP contribution >= 0.6 is 0 Å². The summed E-state index contributed by atoms with van der Waals surface area (Å²) in [7, 11) is -3.74. The summed E-state index contributed by atoms with van der Waals surface area (Å²) < 4.78 is 75.7. The van der Waals surface area contributed by atoms with E-state index >= 15 is 0 Å². The van der Waals surface area contributed by atoms with Crippen LogP contribution in [0.15, 0.2) is 24.3 Å². The van der Waals surface area contributed by atoms with Crippen molar-refractivity contribution < 1.29 is 41.0 Å². The van der Waals surface area contributed by atoms with Crippen LogP contribution in [0.5, 0.6) is 0 Å². The van der Waals surface area contributed by atoms with Crippen molar-refractivity contribution >= 4 is 16.0 Å². The van der Waals surface area contributed by atoms with E-state index in [1.807, 2.05) is 0 Å². The molecule has 2 heterocycles. The van der Waals surface area contributed by atoms with Gasteiger partial charge in [-0.15, -0.1) is 0 Å². The fraction of sp³-hybridized carbons (Fsp3) is 0.650. The first-order chi connectivity index (χ1) is 14.6. The summed E-state index contributed by atoms with van der Waals surface area (Å²) >= 11 is 0. The van der Waals surface area contributed by atoms with Crippen LogP contribution in [0.2, 0.25) is 0 Å². The van der Waals surface area contributed by atoms with Gasteiger partial charge in [0.25, 0.3) is 0 Å². The SMILES string of the molecule is O=C(O)C1CCOC(S(=O)(=O)N2CCC(COCc3ccc(C(F)(F)F)cc3)CC2)C1. The zero-order valence-electron chi connectivity index (χ0n) is 16.9. The van der Waals surface area contributed by atoms with Gasteiger partial charge in [0.15, 0.2) is 5.44 Å². The minimum absolute atomic E-state index is 0.0478. The number of piperidine rings is 1. The summed E-state index contributed by atoms with van der Waals surface area (Å²) in [5, 5.41) is 9.15. The Balaban J connectivity index is 1.43. The number of halogens is 3. The van der Waals surface area contributed by atoms with Crippen LogP contribution < -0.4 is 0 Å². The maximum atomic E-state index is 12.8. The molecule has 7 nitrogen and oxygen atoms in total. The molecule has 0 amide bonds. The van der Waals surface area contributed by atoms with Crippen LogP contribution in [0.4, 0.5) is 13.2 Å². The second-order valence-corrected chi connectivity index (χ2v) is 10.0. The Hall–Kier alpha value is -1.69. The zero-order valence-corrected chi connectivity index (χ0v) is 17.7. The fourth-order valence-electron chi connectivity index (χ4n) is 3.82. The van der Waals surface area contributed by atoms with Gasteiger partial charge >= 0.3 is 12.1 Å². The molecule has 1 aromatic carbocycles. The number of sulfonamides is 1. The molecule has 2 aliphatic heterocycles. The fourth-order valence-corrected chi connectivity index (χ4v) is 5.62. The lowest BCUT2D eigenvalue weighted by Gasteiger charge is -2.35. The average Bonchev–Trinajstić information content (AvgIpc) is 2.74. The third kappa shape index (κ3) is 6.18. The van der Waals surface area contributed by atoms with Crippen molar-refractivity contribution in [3.8, 4) is 0 Å². The minimum Gasteiger partial charge on any atom is -0.481 e. The summed E-state index contributed by atoms with van der Waals surface area (Å²) in [6.07, 6.45) is -2.94. The van der Waals surface area contributed by atoms with Crippen LogP contribution in [-0.4, -0.2) is 55.5 Å². The molecule has 0 aromatic heterocycles. The second kappa shape index (κ2) is 9.85. The summed E-state index contributed by atoms with van der Waals surface area (Å²) in [5.41, 5.74) is -1.20. The van der Waals surface area contributed by atoms with Gasteiger partial charge in [0, 0.05) is 32.7 Å². The Kier molecular flexibility index (Phi) is 7.61. The van der Waals surface area contributed by atoms with E-state index in [0.29, 0.717) is 44.5 Å². The van der Waals surface area contributed by atoms with E-state index in [0.717, 1.165) is 12.1 Å². The van der Waals surface area contributed by atoms with Crippen molar-refractivity contribution in [2.75, 3.05) is 26.3 Å². The van der Waals surface area contributed by atoms with Gasteiger partial charge in [0.2, 0.25) is 10.0 Å². The number of rotatable bonds is 7. The maximum absolute atomic E-state index is 12.8. The van der Waals surface area contributed by atoms with Crippen LogP contribution in [0.3, 0.4) is 0 Å². The molecule has 2 aliphatic rings. The van der Waals surface area contributed by atoms with Crippen LogP contribution in [0.25, 0.3) is 0 Å². The number of carbonyl (C=O) groups is 1. The molecule has 174 valence electrons. The Morgan fingerprint density at radius 3 is 2.39 bits per heavy atom. The second-order valence-electron chi connectivity index (χ2n) is 7.96. The van der Waals surface area contributed by atoms with Crippen molar-refractivity contribution in [3.05, 3.63) is 35.4 Å². The molecule has 2 fully saturated rings. The van der Waals surface area contributed by atoms with Gasteiger partial charge in [-0.1, -0.05) is 12.1 Å². The van der Waals surface area contributed by atoms with E-state index < -0.39 is 39.1 Å². The highest BCUT2D eigenvalue weighted by Crippen LogP contribution is 2.30. The largest absolute Gasteiger partial charge is 0.481 e. The molecule has 0 radical (unpaired) electrons. The minimum atomic E-state index is -4.37. The molecule has 2 unspecified atom stereocenters. The predicted octanol–water partition coefficient (Wildman–Crippen LogP) is 3.10. The van der Waals surface area contributed by atoms with E-state index in [1.165, 1.54) is 16.4 Å². The smallest absolute Gasteiger partial charge is 0.416 e. The van der Waals surface area contributed by atoms with Crippen molar-refractivity contribution in [1.82, 2.24) is 4.31 Å². The number of aliphatic carboxylic acids is 1. The van der Waals surface area contributed by atoms with Gasteiger partial charge in [0.1, 0.15) is 0 Å². The third-order valence-corrected chi connectivity index (χ3v) is 7.84. The van der Waals surface area contributed by atoms with Crippen LogP contribution in [-0.2, 0) is 37.1 Å². The molecule has 2 saturated heterocycles. The Bertz CT molecular complexity index is 851. The van der Waals surface area contributed by atoms with E-state index in [-0.39, 0.29) is 25.6 Å². The molecular weight excluding hydrogens is 439 g/mol. The molecule has 11 heteroatoms. The lowest BCUT2D eigenvalue weighted by atomic mass is 9.99. The number of hydrogen-bond acceptors (Lipinski definition) is 5. The summed E-state index contributed by atoms with van der Waals surface area (Å²) in [4.78, 5) is 11.2. The molecular formula is C20H26F3NO6S. The maximum Gasteiger partial charge on any atom is 0.416 e. The summed E-state index contributed by atoms with van der Waals surface area (Å²) in [6, 6.07) is 4.80. The third-order valence-electron chi connectivity index (χ3n) is 5.77. The quantitative estimate of drug-likeness (QED) is 0.665. The molecule has 0 spiro atoms. The molecule has 2 atom stereocenters. The zero-order chi connectivity index (χ0) is 22.6. The molecule has 0 aliphatic carbocycles. The highest BCUT2D eigenvalue weighted by Gasteiger charge is 2.40. The first kappa shape index (κ1) is 24.0. The number of nitrogens with zero attached hydrogens (tertiary/aromatic N) is 1. The first-order valence-corrected chi connectivity index (χ1v) is 11.6. The normalized spacial score (nSPS) is 24.2. The van der Waals surface area contributed by atoms with Crippen LogP contribution in [0.1, 0.15) is 36.8 Å². The van der Waals surface area contributed by atoms with Gasteiger partial charge in [-0.3, -0.25) is 4.79 Å². The average molecular weight is 465 g/mol. The topological polar surface area (TPSA) is 93.1 Å². The predicted molar refractivity (Wildman–Crippen MR) is 104 cm³/mol. The first-order valence-electron chi connectivity index (χ1n) is 10.1. The lowest BCUT2D eigenvalue weighted by Crippen LogP contribution is -2.47. The van der Waals surface area contributed by atoms with Gasteiger partial charge < -0.3 is 14.6 Å². The van der Waals surface area contributed by atoms with E-state index in [9.17, 15) is 26.4 Å². The molecule has 3 rings (SSSR count). The van der Waals surface area contributed by atoms with E-state index in [1.54, 1.807) is 0 Å². The molecule has 0 bridgehead atoms. The molecule has 1 aromatic rings. The monoisotopic (exact) mass is 465 g/mol. The Labute approximate surface area is 179 Å². The van der Waals surface area contributed by atoms with Crippen molar-refractivity contribution in [3.63, 3.8) is 0 Å². The van der Waals surface area contributed by atoms with Crippen molar-refractivity contribution in [2.45, 2.75) is 43.9 Å². The number of hydrogen-bond donors (Lipinski definition) is 1. The highest BCUT2D eigenvalue weighted by molar-refractivity contribution is 7.89. The molecule has 31 heavy (non-hydrogen) atoms. The van der Waals surface area contributed by atoms with E-state index in [2.05, 4.69) is 0 Å². The van der Waals surface area contributed by atoms with Gasteiger partial charge in [-0.05, 0) is 42.9 Å². The number of carboxylic acid groups (broad SMARTS) is 1. The van der Waals surface area contributed by atoms with Crippen molar-refractivity contribution in [1.29, 1.82) is 0 Å². The van der Waals surface area contributed by atoms with Gasteiger partial charge in [-0.25, -0.2) is 8.42 Å². The molecule has 1 N–H and O–H groups in total. The van der Waals surface area contributed by atoms with Gasteiger partial charge in [-0.2, -0.15) is 17.5 Å².